The summed E-state index contributed by atoms with van der Waals surface area (Å²) in [4.78, 5) is 47.6. The van der Waals surface area contributed by atoms with E-state index in [1.807, 2.05) is 18.3 Å². The Hall–Kier alpha value is -3.68. The molecule has 0 bridgehead atoms. The molecule has 2 aromatic rings. The molecule has 0 unspecified atom stereocenters. The molecule has 0 aliphatic heterocycles. The van der Waals surface area contributed by atoms with Gasteiger partial charge in [0.25, 0.3) is 11.8 Å². The van der Waals surface area contributed by atoms with Gasteiger partial charge < -0.3 is 15.4 Å². The molecule has 0 saturated heterocycles. The zero-order valence-corrected chi connectivity index (χ0v) is 15.6. The molecule has 0 fully saturated rings. The average molecular weight is 383 g/mol. The largest absolute Gasteiger partial charge is 0.452 e. The van der Waals surface area contributed by atoms with E-state index in [-0.39, 0.29) is 17.2 Å². The number of imide groups is 1. The minimum absolute atomic E-state index is 0.0920. The van der Waals surface area contributed by atoms with Crippen LogP contribution in [0.15, 0.2) is 48.5 Å². The van der Waals surface area contributed by atoms with Gasteiger partial charge in [0.1, 0.15) is 0 Å². The molecule has 0 aromatic heterocycles. The summed E-state index contributed by atoms with van der Waals surface area (Å²) in [5.74, 6) is -1.94. The van der Waals surface area contributed by atoms with Crippen molar-refractivity contribution in [2.45, 2.75) is 13.8 Å². The minimum Gasteiger partial charge on any atom is -0.452 e. The van der Waals surface area contributed by atoms with E-state index < -0.39 is 24.5 Å². The first kappa shape index (κ1) is 20.6. The van der Waals surface area contributed by atoms with Crippen molar-refractivity contribution in [3.63, 3.8) is 0 Å². The van der Waals surface area contributed by atoms with Crippen LogP contribution in [0.5, 0.6) is 0 Å². The number of esters is 1. The van der Waals surface area contributed by atoms with E-state index in [0.29, 0.717) is 12.1 Å². The van der Waals surface area contributed by atoms with Gasteiger partial charge in [-0.15, -0.1) is 0 Å². The molecule has 0 radical (unpaired) electrons. The molecule has 2 rings (SSSR count). The number of amides is 4. The summed E-state index contributed by atoms with van der Waals surface area (Å²) >= 11 is 0. The number of carbonyl (C=O) groups excluding carboxylic acids is 4. The highest BCUT2D eigenvalue weighted by atomic mass is 16.5. The lowest BCUT2D eigenvalue weighted by atomic mass is 10.1. The standard InChI is InChI=1S/C20H21N3O5/c1-3-21-20(27)23-17(24)12-28-19(26)15-9-4-5-10-16(15)22-18(25)14-8-6-7-13(2)11-14/h4-11H,3,12H2,1-2H3,(H,22,25)(H2,21,23,24,27). The molecule has 0 atom stereocenters. The van der Waals surface area contributed by atoms with Crippen LogP contribution in [-0.2, 0) is 9.53 Å². The molecule has 8 heteroatoms. The van der Waals surface area contributed by atoms with Crippen molar-refractivity contribution in [2.24, 2.45) is 0 Å². The van der Waals surface area contributed by atoms with Crippen LogP contribution in [-0.4, -0.2) is 37.0 Å². The summed E-state index contributed by atoms with van der Waals surface area (Å²) in [5.41, 5.74) is 1.72. The van der Waals surface area contributed by atoms with Gasteiger partial charge in [0.15, 0.2) is 6.61 Å². The fourth-order valence-electron chi connectivity index (χ4n) is 2.33. The van der Waals surface area contributed by atoms with Gasteiger partial charge in [-0.2, -0.15) is 0 Å². The van der Waals surface area contributed by atoms with Gasteiger partial charge in [-0.05, 0) is 38.1 Å². The Labute approximate surface area is 162 Å². The predicted molar refractivity (Wildman–Crippen MR) is 103 cm³/mol. The molecule has 0 heterocycles. The first-order chi connectivity index (χ1) is 13.4. The summed E-state index contributed by atoms with van der Waals surface area (Å²) in [5, 5.41) is 7.08. The molecule has 2 aromatic carbocycles. The van der Waals surface area contributed by atoms with E-state index in [2.05, 4.69) is 10.6 Å². The molecule has 0 saturated carbocycles. The van der Waals surface area contributed by atoms with Crippen LogP contribution in [0.2, 0.25) is 0 Å². The maximum atomic E-state index is 12.4. The third-order valence-corrected chi connectivity index (χ3v) is 3.60. The van der Waals surface area contributed by atoms with Crippen LogP contribution in [0.1, 0.15) is 33.2 Å². The van der Waals surface area contributed by atoms with Gasteiger partial charge >= 0.3 is 12.0 Å². The van der Waals surface area contributed by atoms with Crippen molar-refractivity contribution in [3.05, 3.63) is 65.2 Å². The van der Waals surface area contributed by atoms with Crippen molar-refractivity contribution in [2.75, 3.05) is 18.5 Å². The summed E-state index contributed by atoms with van der Waals surface area (Å²) in [6.07, 6.45) is 0. The second-order valence-corrected chi connectivity index (χ2v) is 5.85. The monoisotopic (exact) mass is 383 g/mol. The Morgan fingerprint density at radius 1 is 1.00 bits per heavy atom. The molecule has 0 aliphatic rings. The number of anilines is 1. The number of hydrogen-bond donors (Lipinski definition) is 3. The summed E-state index contributed by atoms with van der Waals surface area (Å²) in [6, 6.07) is 12.6. The van der Waals surface area contributed by atoms with E-state index >= 15 is 0 Å². The number of urea groups is 1. The lowest BCUT2D eigenvalue weighted by Crippen LogP contribution is -2.41. The molecule has 0 aliphatic carbocycles. The average Bonchev–Trinajstić information content (AvgIpc) is 2.66. The first-order valence-corrected chi connectivity index (χ1v) is 8.62. The minimum atomic E-state index is -0.800. The Balaban J connectivity index is 2.02. The molecule has 8 nitrogen and oxygen atoms in total. The number of carbonyl (C=O) groups is 4. The molecule has 28 heavy (non-hydrogen) atoms. The zero-order chi connectivity index (χ0) is 20.5. The number of rotatable bonds is 6. The van der Waals surface area contributed by atoms with Crippen molar-refractivity contribution in [1.82, 2.24) is 10.6 Å². The number of ether oxygens (including phenoxy) is 1. The highest BCUT2D eigenvalue weighted by molar-refractivity contribution is 6.08. The Morgan fingerprint density at radius 3 is 2.46 bits per heavy atom. The van der Waals surface area contributed by atoms with Gasteiger partial charge in [0, 0.05) is 12.1 Å². The fourth-order valence-corrected chi connectivity index (χ4v) is 2.33. The van der Waals surface area contributed by atoms with E-state index in [1.54, 1.807) is 43.3 Å². The van der Waals surface area contributed by atoms with E-state index in [9.17, 15) is 19.2 Å². The quantitative estimate of drug-likeness (QED) is 0.662. The van der Waals surface area contributed by atoms with Gasteiger partial charge in [-0.3, -0.25) is 14.9 Å². The number of aryl methyl sites for hydroxylation is 1. The Bertz CT molecular complexity index is 895. The number of para-hydroxylation sites is 1. The Morgan fingerprint density at radius 2 is 1.75 bits per heavy atom. The van der Waals surface area contributed by atoms with E-state index in [1.165, 1.54) is 6.07 Å². The van der Waals surface area contributed by atoms with Crippen LogP contribution in [0.3, 0.4) is 0 Å². The summed E-state index contributed by atoms with van der Waals surface area (Å²) in [7, 11) is 0. The fraction of sp³-hybridized carbons (Fsp3) is 0.200. The molecule has 0 spiro atoms. The third kappa shape index (κ3) is 5.94. The van der Waals surface area contributed by atoms with Crippen molar-refractivity contribution in [3.8, 4) is 0 Å². The summed E-state index contributed by atoms with van der Waals surface area (Å²) in [6.45, 7) is 3.29. The van der Waals surface area contributed by atoms with Crippen molar-refractivity contribution in [1.29, 1.82) is 0 Å². The highest BCUT2D eigenvalue weighted by Crippen LogP contribution is 2.17. The molecule has 146 valence electrons. The smallest absolute Gasteiger partial charge is 0.340 e. The van der Waals surface area contributed by atoms with E-state index in [0.717, 1.165) is 5.56 Å². The van der Waals surface area contributed by atoms with Gasteiger partial charge in [0.05, 0.1) is 11.3 Å². The topological polar surface area (TPSA) is 114 Å². The predicted octanol–water partition coefficient (Wildman–Crippen LogP) is 2.25. The Kier molecular flexibility index (Phi) is 7.27. The van der Waals surface area contributed by atoms with Crippen LogP contribution < -0.4 is 16.0 Å². The van der Waals surface area contributed by atoms with Gasteiger partial charge in [-0.25, -0.2) is 9.59 Å². The van der Waals surface area contributed by atoms with E-state index in [4.69, 9.17) is 4.74 Å². The first-order valence-electron chi connectivity index (χ1n) is 8.62. The normalized spacial score (nSPS) is 9.93. The van der Waals surface area contributed by atoms with Crippen LogP contribution in [0.25, 0.3) is 0 Å². The summed E-state index contributed by atoms with van der Waals surface area (Å²) < 4.78 is 4.93. The highest BCUT2D eigenvalue weighted by Gasteiger charge is 2.17. The molecular weight excluding hydrogens is 362 g/mol. The maximum Gasteiger partial charge on any atom is 0.340 e. The zero-order valence-electron chi connectivity index (χ0n) is 15.6. The number of hydrogen-bond acceptors (Lipinski definition) is 5. The van der Waals surface area contributed by atoms with Crippen LogP contribution in [0, 0.1) is 6.92 Å². The van der Waals surface area contributed by atoms with Crippen LogP contribution in [0.4, 0.5) is 10.5 Å². The lowest BCUT2D eigenvalue weighted by molar-refractivity contribution is -0.123. The second kappa shape index (κ2) is 9.86. The maximum absolute atomic E-state index is 12.4. The molecule has 4 amide bonds. The number of benzene rings is 2. The lowest BCUT2D eigenvalue weighted by Gasteiger charge is -2.11. The molecular formula is C20H21N3O5. The second-order valence-electron chi connectivity index (χ2n) is 5.85. The van der Waals surface area contributed by atoms with Crippen molar-refractivity contribution < 1.29 is 23.9 Å². The van der Waals surface area contributed by atoms with Crippen LogP contribution >= 0.6 is 0 Å². The SMILES string of the molecule is CCNC(=O)NC(=O)COC(=O)c1ccccc1NC(=O)c1cccc(C)c1. The molecule has 3 N–H and O–H groups in total. The van der Waals surface area contributed by atoms with Crippen molar-refractivity contribution >= 4 is 29.5 Å². The number of nitrogens with one attached hydrogen (secondary N) is 3. The van der Waals surface area contributed by atoms with Gasteiger partial charge in [-0.1, -0.05) is 29.8 Å². The van der Waals surface area contributed by atoms with Gasteiger partial charge in [0.2, 0.25) is 0 Å². The third-order valence-electron chi connectivity index (χ3n) is 3.60.